The van der Waals surface area contributed by atoms with Crippen LogP contribution >= 0.6 is 0 Å². The summed E-state index contributed by atoms with van der Waals surface area (Å²) in [6.07, 6.45) is 6.35. The van der Waals surface area contributed by atoms with Crippen molar-refractivity contribution in [3.63, 3.8) is 0 Å². The zero-order valence-corrected chi connectivity index (χ0v) is 28.2. The van der Waals surface area contributed by atoms with Gasteiger partial charge in [-0.15, -0.1) is 0 Å². The summed E-state index contributed by atoms with van der Waals surface area (Å²) >= 11 is 0. The number of nitrogens with one attached hydrogen (secondary N) is 1. The van der Waals surface area contributed by atoms with Crippen LogP contribution in [0.2, 0.25) is 0 Å². The molecule has 2 fully saturated rings. The van der Waals surface area contributed by atoms with E-state index in [4.69, 9.17) is 9.72 Å². The first-order valence-corrected chi connectivity index (χ1v) is 17.3. The molecule has 0 unspecified atom stereocenters. The zero-order valence-electron chi connectivity index (χ0n) is 28.2. The topological polar surface area (TPSA) is 99.9 Å². The smallest absolute Gasteiger partial charge is 0.407 e. The highest BCUT2D eigenvalue weighted by atomic mass is 16.6. The Bertz CT molecular complexity index is 1440. The number of aromatic nitrogens is 2. The van der Waals surface area contributed by atoms with Crippen molar-refractivity contribution in [3.8, 4) is 0 Å². The molecular formula is C37H53N5O4. The summed E-state index contributed by atoms with van der Waals surface area (Å²) in [7, 11) is 0. The second kappa shape index (κ2) is 15.3. The van der Waals surface area contributed by atoms with Gasteiger partial charge < -0.3 is 29.5 Å². The minimum Gasteiger partial charge on any atom is -0.444 e. The summed E-state index contributed by atoms with van der Waals surface area (Å²) in [5, 5.41) is 12.5. The molecule has 9 nitrogen and oxygen atoms in total. The number of hydrogen-bond acceptors (Lipinski definition) is 6. The Balaban J connectivity index is 1.27. The first kappa shape index (κ1) is 33.8. The number of likely N-dealkylation sites (tertiary alicyclic amines) is 1. The van der Waals surface area contributed by atoms with Crippen molar-refractivity contribution in [1.82, 2.24) is 19.8 Å². The number of aliphatic hydroxyl groups is 1. The average Bonchev–Trinajstić information content (AvgIpc) is 3.42. The fourth-order valence-electron chi connectivity index (χ4n) is 6.86. The van der Waals surface area contributed by atoms with E-state index >= 15 is 0 Å². The Morgan fingerprint density at radius 3 is 2.48 bits per heavy atom. The molecule has 250 valence electrons. The Morgan fingerprint density at radius 1 is 1.04 bits per heavy atom. The molecule has 0 saturated carbocycles. The van der Waals surface area contributed by atoms with Crippen molar-refractivity contribution in [2.75, 3.05) is 37.7 Å². The van der Waals surface area contributed by atoms with E-state index < -0.39 is 17.7 Å². The summed E-state index contributed by atoms with van der Waals surface area (Å²) < 4.78 is 7.95. The third-order valence-electron chi connectivity index (χ3n) is 9.36. The molecule has 2 atom stereocenters. The Morgan fingerprint density at radius 2 is 1.78 bits per heavy atom. The molecular weight excluding hydrogens is 578 g/mol. The summed E-state index contributed by atoms with van der Waals surface area (Å²) in [4.78, 5) is 36.1. The molecule has 3 heterocycles. The number of ether oxygens (including phenoxy) is 1. The lowest BCUT2D eigenvalue weighted by Crippen LogP contribution is -2.46. The third kappa shape index (κ3) is 8.81. The molecule has 0 spiro atoms. The van der Waals surface area contributed by atoms with Gasteiger partial charge in [-0.05, 0) is 95.0 Å². The molecule has 0 bridgehead atoms. The van der Waals surface area contributed by atoms with Gasteiger partial charge in [0.05, 0.1) is 11.0 Å². The number of anilines is 1. The number of amides is 2. The molecule has 0 radical (unpaired) electrons. The quantitative estimate of drug-likeness (QED) is 0.259. The molecule has 5 rings (SSSR count). The van der Waals surface area contributed by atoms with Crippen LogP contribution in [0.4, 0.5) is 10.5 Å². The van der Waals surface area contributed by atoms with Gasteiger partial charge in [-0.25, -0.2) is 9.78 Å². The van der Waals surface area contributed by atoms with Crippen LogP contribution in [0.15, 0.2) is 48.5 Å². The Kier molecular flexibility index (Phi) is 11.3. The van der Waals surface area contributed by atoms with Crippen LogP contribution in [0.25, 0.3) is 11.0 Å². The standard InChI is InChI=1S/C37H53N5O4/c1-5-6-20-42-33-12-8-7-11-32(33)39-35(42)29-10-9-19-41(25-29)34(44)24-30(38-36(45)46-37(2,3)4)23-27-13-15-31(16-14-27)40-21-17-28(26-43)18-22-40/h7-8,11-16,28-30,43H,5-6,9-10,17-26H2,1-4H3,(H,38,45)/t29-,30-/m1/s1. The van der Waals surface area contributed by atoms with Crippen molar-refractivity contribution < 1.29 is 19.4 Å². The van der Waals surface area contributed by atoms with Crippen LogP contribution in [0.1, 0.15) is 89.9 Å². The number of benzene rings is 2. The summed E-state index contributed by atoms with van der Waals surface area (Å²) in [6.45, 7) is 12.2. The third-order valence-corrected chi connectivity index (χ3v) is 9.36. The number of unbranched alkanes of at least 4 members (excludes halogenated alkanes) is 1. The number of carbonyl (C=O) groups excluding carboxylic acids is 2. The fourth-order valence-corrected chi connectivity index (χ4v) is 6.86. The van der Waals surface area contributed by atoms with Crippen molar-refractivity contribution >= 4 is 28.7 Å². The van der Waals surface area contributed by atoms with Crippen LogP contribution in [-0.4, -0.2) is 76.0 Å². The normalized spacial score (nSPS) is 18.5. The van der Waals surface area contributed by atoms with Crippen LogP contribution in [0.5, 0.6) is 0 Å². The molecule has 2 aliphatic rings. The highest BCUT2D eigenvalue weighted by Gasteiger charge is 2.31. The van der Waals surface area contributed by atoms with Gasteiger partial charge in [0.25, 0.3) is 0 Å². The van der Waals surface area contributed by atoms with Crippen LogP contribution in [-0.2, 0) is 22.5 Å². The number of para-hydroxylation sites is 2. The van der Waals surface area contributed by atoms with Gasteiger partial charge in [-0.3, -0.25) is 4.79 Å². The van der Waals surface area contributed by atoms with Gasteiger partial charge in [0.15, 0.2) is 0 Å². The van der Waals surface area contributed by atoms with E-state index in [9.17, 15) is 14.7 Å². The highest BCUT2D eigenvalue weighted by molar-refractivity contribution is 5.79. The lowest BCUT2D eigenvalue weighted by Gasteiger charge is -2.34. The van der Waals surface area contributed by atoms with Gasteiger partial charge in [-0.1, -0.05) is 37.6 Å². The van der Waals surface area contributed by atoms with E-state index in [1.165, 1.54) is 0 Å². The van der Waals surface area contributed by atoms with E-state index in [0.717, 1.165) is 86.3 Å². The molecule has 2 N–H and O–H groups in total. The number of imidazole rings is 1. The van der Waals surface area contributed by atoms with Crippen molar-refractivity contribution in [2.24, 2.45) is 5.92 Å². The number of aliphatic hydroxyl groups excluding tert-OH is 1. The Hall–Kier alpha value is -3.59. The number of hydrogen-bond donors (Lipinski definition) is 2. The van der Waals surface area contributed by atoms with E-state index in [0.29, 0.717) is 25.4 Å². The molecule has 3 aromatic rings. The molecule has 9 heteroatoms. The fraction of sp³-hybridized carbons (Fsp3) is 0.595. The van der Waals surface area contributed by atoms with Gasteiger partial charge in [-0.2, -0.15) is 0 Å². The summed E-state index contributed by atoms with van der Waals surface area (Å²) in [6, 6.07) is 16.4. The van der Waals surface area contributed by atoms with E-state index in [1.54, 1.807) is 0 Å². The zero-order chi connectivity index (χ0) is 32.7. The van der Waals surface area contributed by atoms with E-state index in [-0.39, 0.29) is 24.9 Å². The molecule has 2 aromatic carbocycles. The first-order valence-electron chi connectivity index (χ1n) is 17.3. The predicted octanol–water partition coefficient (Wildman–Crippen LogP) is 6.28. The van der Waals surface area contributed by atoms with Crippen LogP contribution in [0, 0.1) is 5.92 Å². The minimum atomic E-state index is -0.632. The van der Waals surface area contributed by atoms with Gasteiger partial charge >= 0.3 is 6.09 Å². The molecule has 2 saturated heterocycles. The minimum absolute atomic E-state index is 0.0466. The van der Waals surface area contributed by atoms with Crippen molar-refractivity contribution in [2.45, 2.75) is 103 Å². The monoisotopic (exact) mass is 631 g/mol. The summed E-state index contributed by atoms with van der Waals surface area (Å²) in [5.41, 5.74) is 3.77. The lowest BCUT2D eigenvalue weighted by atomic mass is 9.95. The van der Waals surface area contributed by atoms with E-state index in [1.807, 2.05) is 31.7 Å². The number of nitrogens with zero attached hydrogens (tertiary/aromatic N) is 4. The predicted molar refractivity (Wildman–Crippen MR) is 183 cm³/mol. The average molecular weight is 632 g/mol. The first-order chi connectivity index (χ1) is 22.1. The van der Waals surface area contributed by atoms with Crippen LogP contribution in [0.3, 0.4) is 0 Å². The number of carbonyl (C=O) groups is 2. The molecule has 1 aromatic heterocycles. The second-order valence-corrected chi connectivity index (χ2v) is 14.2. The van der Waals surface area contributed by atoms with Gasteiger partial charge in [0.2, 0.25) is 5.91 Å². The lowest BCUT2D eigenvalue weighted by molar-refractivity contribution is -0.133. The number of fused-ring (bicyclic) bond motifs is 1. The number of piperidine rings is 2. The summed E-state index contributed by atoms with van der Waals surface area (Å²) in [5.74, 6) is 1.70. The molecule has 46 heavy (non-hydrogen) atoms. The number of alkyl carbamates (subject to hydrolysis) is 1. The van der Waals surface area contributed by atoms with Crippen molar-refractivity contribution in [3.05, 3.63) is 59.9 Å². The maximum absolute atomic E-state index is 13.9. The number of rotatable bonds is 11. The maximum atomic E-state index is 13.9. The molecule has 0 aliphatic carbocycles. The molecule has 2 aliphatic heterocycles. The second-order valence-electron chi connectivity index (χ2n) is 14.2. The van der Waals surface area contributed by atoms with Crippen LogP contribution < -0.4 is 10.2 Å². The Labute approximate surface area is 274 Å². The highest BCUT2D eigenvalue weighted by Crippen LogP contribution is 2.30. The largest absolute Gasteiger partial charge is 0.444 e. The molecule has 2 amide bonds. The van der Waals surface area contributed by atoms with Crippen molar-refractivity contribution in [1.29, 1.82) is 0 Å². The SMILES string of the molecule is CCCCn1c([C@@H]2CCCN(C(=O)C[C@@H](Cc3ccc(N4CCC(CO)CC4)cc3)NC(=O)OC(C)(C)C)C2)nc2ccccc21. The van der Waals surface area contributed by atoms with Gasteiger partial charge in [0.1, 0.15) is 11.4 Å². The number of aryl methyl sites for hydroxylation is 1. The van der Waals surface area contributed by atoms with E-state index in [2.05, 4.69) is 64.2 Å². The van der Waals surface area contributed by atoms with Gasteiger partial charge in [0, 0.05) is 63.4 Å². The maximum Gasteiger partial charge on any atom is 0.407 e.